The minimum absolute atomic E-state index is 0.0338. The van der Waals surface area contributed by atoms with Gasteiger partial charge in [0.15, 0.2) is 0 Å². The number of rotatable bonds is 7. The summed E-state index contributed by atoms with van der Waals surface area (Å²) in [5, 5.41) is 15.9. The first kappa shape index (κ1) is 24.2. The Balaban J connectivity index is 1.48. The molecule has 3 saturated heterocycles. The van der Waals surface area contributed by atoms with E-state index in [1.165, 1.54) is 0 Å². The van der Waals surface area contributed by atoms with Crippen LogP contribution in [0.4, 0.5) is 11.4 Å². The molecule has 2 bridgehead atoms. The van der Waals surface area contributed by atoms with Crippen LogP contribution in [0.5, 0.6) is 0 Å². The highest BCUT2D eigenvalue weighted by molar-refractivity contribution is 8.02. The Hall–Kier alpha value is -2.55. The van der Waals surface area contributed by atoms with Gasteiger partial charge in [-0.2, -0.15) is 0 Å². The molecule has 3 N–H and O–H groups in total. The van der Waals surface area contributed by atoms with Crippen molar-refractivity contribution in [2.75, 3.05) is 23.8 Å². The molecule has 0 aliphatic carbocycles. The third-order valence-corrected chi connectivity index (χ3v) is 9.84. The lowest BCUT2D eigenvalue weighted by atomic mass is 9.66. The predicted octanol–water partition coefficient (Wildman–Crippen LogP) is 3.64. The molecule has 3 aliphatic rings. The summed E-state index contributed by atoms with van der Waals surface area (Å²) in [5.41, 5.74) is 1.28. The highest BCUT2D eigenvalue weighted by atomic mass is 35.5. The van der Waals surface area contributed by atoms with Gasteiger partial charge in [0.2, 0.25) is 17.7 Å². The zero-order valence-corrected chi connectivity index (χ0v) is 20.9. The smallest absolute Gasteiger partial charge is 0.248 e. The van der Waals surface area contributed by atoms with Gasteiger partial charge < -0.3 is 20.6 Å². The molecule has 3 amide bonds. The number of carbonyl (C=O) groups is 3. The van der Waals surface area contributed by atoms with E-state index in [1.54, 1.807) is 40.9 Å². The first-order chi connectivity index (χ1) is 16.9. The quantitative estimate of drug-likeness (QED) is 0.525. The third-order valence-electron chi connectivity index (χ3n) is 7.51. The molecule has 3 heterocycles. The molecule has 7 nitrogen and oxygen atoms in total. The second kappa shape index (κ2) is 9.48. The van der Waals surface area contributed by atoms with Crippen LogP contribution in [0.2, 0.25) is 5.02 Å². The molecule has 5 rings (SSSR count). The van der Waals surface area contributed by atoms with E-state index in [-0.39, 0.29) is 42.0 Å². The van der Waals surface area contributed by atoms with E-state index >= 15 is 0 Å². The molecule has 3 fully saturated rings. The number of aliphatic hydroxyl groups excluding tert-OH is 1. The average molecular weight is 514 g/mol. The zero-order chi connectivity index (χ0) is 24.7. The van der Waals surface area contributed by atoms with E-state index in [0.29, 0.717) is 22.8 Å². The summed E-state index contributed by atoms with van der Waals surface area (Å²) in [6.07, 6.45) is 1.13. The summed E-state index contributed by atoms with van der Waals surface area (Å²) in [6, 6.07) is 15.3. The molecule has 0 aromatic heterocycles. The van der Waals surface area contributed by atoms with Crippen LogP contribution < -0.4 is 10.6 Å². The van der Waals surface area contributed by atoms with Crippen molar-refractivity contribution in [1.82, 2.24) is 4.90 Å². The molecule has 3 unspecified atom stereocenters. The number of halogens is 1. The summed E-state index contributed by atoms with van der Waals surface area (Å²) in [4.78, 5) is 42.7. The molecule has 3 aliphatic heterocycles. The Morgan fingerprint density at radius 2 is 1.74 bits per heavy atom. The largest absolute Gasteiger partial charge is 0.396 e. The number of nitrogens with zero attached hydrogens (tertiary/aromatic N) is 1. The number of likely N-dealkylation sites (tertiary alicyclic amines) is 1. The van der Waals surface area contributed by atoms with Gasteiger partial charge in [-0.3, -0.25) is 14.4 Å². The molecular formula is C26H28ClN3O4S. The molecule has 1 spiro atoms. The first-order valence-electron chi connectivity index (χ1n) is 11.9. The molecule has 2 aromatic rings. The number of nitrogens with one attached hydrogen (secondary N) is 2. The molecule has 9 heteroatoms. The van der Waals surface area contributed by atoms with Crippen LogP contribution in [-0.4, -0.2) is 56.9 Å². The van der Waals surface area contributed by atoms with Gasteiger partial charge in [-0.25, -0.2) is 0 Å². The van der Waals surface area contributed by atoms with Crippen LogP contribution in [0.25, 0.3) is 0 Å². The average Bonchev–Trinajstić information content (AvgIpc) is 3.43. The summed E-state index contributed by atoms with van der Waals surface area (Å²) in [5.74, 6) is -1.66. The highest BCUT2D eigenvalue weighted by Crippen LogP contribution is 2.68. The van der Waals surface area contributed by atoms with Crippen molar-refractivity contribution in [2.24, 2.45) is 17.8 Å². The number of hydrogen-bond donors (Lipinski definition) is 3. The second-order valence-electron chi connectivity index (χ2n) is 9.51. The Morgan fingerprint density at radius 3 is 2.43 bits per heavy atom. The summed E-state index contributed by atoms with van der Waals surface area (Å²) >= 11 is 7.62. The number of benzene rings is 2. The topological polar surface area (TPSA) is 98.7 Å². The Morgan fingerprint density at radius 1 is 1.09 bits per heavy atom. The number of hydrogen-bond acceptors (Lipinski definition) is 5. The predicted molar refractivity (Wildman–Crippen MR) is 137 cm³/mol. The monoisotopic (exact) mass is 513 g/mol. The fourth-order valence-electron chi connectivity index (χ4n) is 6.09. The highest BCUT2D eigenvalue weighted by Gasteiger charge is 2.75. The van der Waals surface area contributed by atoms with Crippen LogP contribution in [0.15, 0.2) is 54.6 Å². The Labute approximate surface area is 213 Å². The van der Waals surface area contributed by atoms with Gasteiger partial charge in [-0.05, 0) is 55.2 Å². The Bertz CT molecular complexity index is 1130. The number of aliphatic hydroxyl groups is 1. The van der Waals surface area contributed by atoms with Crippen molar-refractivity contribution in [3.05, 3.63) is 59.6 Å². The van der Waals surface area contributed by atoms with E-state index in [0.717, 1.165) is 6.42 Å². The lowest BCUT2D eigenvalue weighted by Gasteiger charge is -2.38. The second-order valence-corrected chi connectivity index (χ2v) is 11.5. The van der Waals surface area contributed by atoms with Crippen LogP contribution in [0.3, 0.4) is 0 Å². The number of thioether (sulfide) groups is 1. The fourth-order valence-corrected chi connectivity index (χ4v) is 8.64. The lowest BCUT2D eigenvalue weighted by molar-refractivity contribution is -0.138. The van der Waals surface area contributed by atoms with Crippen molar-refractivity contribution in [3.8, 4) is 0 Å². The third kappa shape index (κ3) is 4.01. The number of carbonyl (C=O) groups excluding carboxylic acids is 3. The van der Waals surface area contributed by atoms with Crippen molar-refractivity contribution in [3.63, 3.8) is 0 Å². The van der Waals surface area contributed by atoms with E-state index < -0.39 is 22.6 Å². The van der Waals surface area contributed by atoms with Gasteiger partial charge in [0.25, 0.3) is 0 Å². The molecule has 2 aromatic carbocycles. The van der Waals surface area contributed by atoms with Crippen LogP contribution in [0.1, 0.15) is 19.8 Å². The maximum atomic E-state index is 13.9. The zero-order valence-electron chi connectivity index (χ0n) is 19.3. The maximum absolute atomic E-state index is 13.9. The number of para-hydroxylation sites is 1. The van der Waals surface area contributed by atoms with Gasteiger partial charge in [0.1, 0.15) is 6.04 Å². The van der Waals surface area contributed by atoms with E-state index in [1.807, 2.05) is 30.3 Å². The standard InChI is InChI=1S/C26H28ClN3O4S/c1-15-14-19-20(23(32)28-17-6-3-2-4-7-17)21-25(34)30(12-5-13-31)22(26(15,21)35-19)24(33)29-18-10-8-16(27)9-11-18/h2-4,6-11,15,19-22,31H,5,12-14H2,1H3,(H,28,32)(H,29,33)/t15?,19-,20+,21-,22?,26?/m0/s1. The number of amides is 3. The fraction of sp³-hybridized carbons (Fsp3) is 0.423. The number of anilines is 2. The van der Waals surface area contributed by atoms with Crippen LogP contribution >= 0.6 is 23.4 Å². The van der Waals surface area contributed by atoms with Crippen molar-refractivity contribution in [1.29, 1.82) is 0 Å². The summed E-state index contributed by atoms with van der Waals surface area (Å²) < 4.78 is -0.702. The maximum Gasteiger partial charge on any atom is 0.248 e. The van der Waals surface area contributed by atoms with Crippen molar-refractivity contribution in [2.45, 2.75) is 35.8 Å². The molecule has 0 radical (unpaired) electrons. The van der Waals surface area contributed by atoms with E-state index in [9.17, 15) is 19.5 Å². The van der Waals surface area contributed by atoms with E-state index in [2.05, 4.69) is 17.6 Å². The number of fused-ring (bicyclic) bond motifs is 1. The molecule has 184 valence electrons. The summed E-state index contributed by atoms with van der Waals surface area (Å²) in [6.45, 7) is 2.25. The summed E-state index contributed by atoms with van der Waals surface area (Å²) in [7, 11) is 0. The lowest BCUT2D eigenvalue weighted by Crippen LogP contribution is -2.54. The first-order valence-corrected chi connectivity index (χ1v) is 13.1. The molecule has 35 heavy (non-hydrogen) atoms. The normalized spacial score (nSPS) is 30.9. The van der Waals surface area contributed by atoms with Crippen molar-refractivity contribution < 1.29 is 19.5 Å². The van der Waals surface area contributed by atoms with Crippen LogP contribution in [0, 0.1) is 17.8 Å². The molecule has 6 atom stereocenters. The van der Waals surface area contributed by atoms with Gasteiger partial charge in [0, 0.05) is 34.8 Å². The van der Waals surface area contributed by atoms with Gasteiger partial charge in [-0.15, -0.1) is 11.8 Å². The van der Waals surface area contributed by atoms with Gasteiger partial charge >= 0.3 is 0 Å². The van der Waals surface area contributed by atoms with Crippen molar-refractivity contribution >= 4 is 52.5 Å². The SMILES string of the molecule is CC1C[C@@H]2SC13C(C(=O)Nc1ccc(Cl)cc1)N(CCCO)C(=O)[C@@H]3[C@@H]2C(=O)Nc1ccccc1. The minimum Gasteiger partial charge on any atom is -0.396 e. The van der Waals surface area contributed by atoms with Crippen LogP contribution in [-0.2, 0) is 14.4 Å². The van der Waals surface area contributed by atoms with E-state index in [4.69, 9.17) is 11.6 Å². The molecular weight excluding hydrogens is 486 g/mol. The Kier molecular flexibility index (Phi) is 6.55. The minimum atomic E-state index is -0.734. The van der Waals surface area contributed by atoms with Gasteiger partial charge in [-0.1, -0.05) is 36.7 Å². The van der Waals surface area contributed by atoms with Gasteiger partial charge in [0.05, 0.1) is 16.6 Å². The molecule has 0 saturated carbocycles.